The van der Waals surface area contributed by atoms with E-state index in [-0.39, 0.29) is 17.2 Å². The van der Waals surface area contributed by atoms with Gasteiger partial charge in [0.15, 0.2) is 0 Å². The van der Waals surface area contributed by atoms with Gasteiger partial charge in [-0.2, -0.15) is 5.10 Å². The first-order valence-corrected chi connectivity index (χ1v) is 6.24. The lowest BCUT2D eigenvalue weighted by Crippen LogP contribution is -2.00. The summed E-state index contributed by atoms with van der Waals surface area (Å²) in [5.41, 5.74) is 2.41. The molecule has 2 rings (SSSR count). The molecule has 1 aromatic carbocycles. The molecule has 0 saturated carbocycles. The van der Waals surface area contributed by atoms with Crippen LogP contribution in [0, 0.1) is 20.2 Å². The summed E-state index contributed by atoms with van der Waals surface area (Å²) in [6.45, 7) is 0. The van der Waals surface area contributed by atoms with E-state index in [0.29, 0.717) is 11.3 Å². The molecule has 0 aliphatic rings. The van der Waals surface area contributed by atoms with Gasteiger partial charge in [-0.05, 0) is 12.1 Å². The van der Waals surface area contributed by atoms with Gasteiger partial charge in [-0.3, -0.25) is 25.7 Å². The van der Waals surface area contributed by atoms with Crippen LogP contribution >= 0.6 is 0 Å². The molecule has 118 valence electrons. The first-order chi connectivity index (χ1) is 11.0. The number of hydrogen-bond donors (Lipinski definition) is 1. The molecule has 0 atom stereocenters. The van der Waals surface area contributed by atoms with Gasteiger partial charge in [-0.25, -0.2) is 4.98 Å². The largest absolute Gasteiger partial charge is 0.496 e. The predicted octanol–water partition coefficient (Wildman–Crippen LogP) is 2.35. The highest BCUT2D eigenvalue weighted by molar-refractivity contribution is 5.85. The molecule has 1 N–H and O–H groups in total. The highest BCUT2D eigenvalue weighted by Gasteiger charge is 2.13. The van der Waals surface area contributed by atoms with Gasteiger partial charge in [-0.15, -0.1) is 0 Å². The van der Waals surface area contributed by atoms with Gasteiger partial charge in [0.05, 0.1) is 23.2 Å². The molecule has 23 heavy (non-hydrogen) atoms. The minimum atomic E-state index is -0.598. The lowest BCUT2D eigenvalue weighted by atomic mass is 10.2. The van der Waals surface area contributed by atoms with Crippen LogP contribution in [0.2, 0.25) is 0 Å². The number of ether oxygens (including phenoxy) is 1. The minimum Gasteiger partial charge on any atom is -0.496 e. The number of hydrogen-bond acceptors (Lipinski definition) is 8. The Hall–Kier alpha value is -3.56. The fourth-order valence-corrected chi connectivity index (χ4v) is 1.73. The number of nitro groups is 2. The maximum Gasteiger partial charge on any atom is 0.313 e. The molecule has 0 saturated heterocycles. The second-order valence-corrected chi connectivity index (χ2v) is 4.18. The molecule has 1 aromatic heterocycles. The number of nitro benzene ring substituents is 1. The molecule has 1 heterocycles. The van der Waals surface area contributed by atoms with E-state index in [1.54, 1.807) is 0 Å². The van der Waals surface area contributed by atoms with Crippen LogP contribution in [0.1, 0.15) is 5.56 Å². The van der Waals surface area contributed by atoms with Crippen LogP contribution in [0.15, 0.2) is 41.6 Å². The summed E-state index contributed by atoms with van der Waals surface area (Å²) in [7, 11) is 1.41. The van der Waals surface area contributed by atoms with Crippen molar-refractivity contribution in [2.45, 2.75) is 0 Å². The van der Waals surface area contributed by atoms with Gasteiger partial charge in [0.2, 0.25) is 5.82 Å². The number of hydrazone groups is 1. The molecule has 10 heteroatoms. The summed E-state index contributed by atoms with van der Waals surface area (Å²) in [5.74, 6) is 0.329. The van der Waals surface area contributed by atoms with Crippen molar-refractivity contribution in [1.29, 1.82) is 0 Å². The molecule has 0 aliphatic carbocycles. The summed E-state index contributed by atoms with van der Waals surface area (Å²) < 4.78 is 5.08. The van der Waals surface area contributed by atoms with Crippen LogP contribution in [0.3, 0.4) is 0 Å². The van der Waals surface area contributed by atoms with Crippen LogP contribution in [-0.2, 0) is 0 Å². The number of pyridine rings is 1. The highest BCUT2D eigenvalue weighted by atomic mass is 16.6. The molecule has 0 spiro atoms. The molecule has 0 aliphatic heterocycles. The number of rotatable bonds is 6. The van der Waals surface area contributed by atoms with Gasteiger partial charge >= 0.3 is 5.69 Å². The molecule has 0 bridgehead atoms. The summed E-state index contributed by atoms with van der Waals surface area (Å²) in [5, 5.41) is 25.5. The average Bonchev–Trinajstić information content (AvgIpc) is 2.55. The van der Waals surface area contributed by atoms with E-state index >= 15 is 0 Å². The normalized spacial score (nSPS) is 10.5. The van der Waals surface area contributed by atoms with Crippen LogP contribution in [0.25, 0.3) is 0 Å². The maximum atomic E-state index is 10.9. The Morgan fingerprint density at radius 2 is 2.04 bits per heavy atom. The third-order valence-electron chi connectivity index (χ3n) is 2.78. The summed E-state index contributed by atoms with van der Waals surface area (Å²) in [6, 6.07) is 6.71. The smallest absolute Gasteiger partial charge is 0.313 e. The molecule has 0 unspecified atom stereocenters. The van der Waals surface area contributed by atoms with Crippen molar-refractivity contribution >= 4 is 23.4 Å². The van der Waals surface area contributed by atoms with Gasteiger partial charge in [-0.1, -0.05) is 0 Å². The van der Waals surface area contributed by atoms with Crippen LogP contribution in [-0.4, -0.2) is 28.2 Å². The number of anilines is 1. The Bertz CT molecular complexity index is 777. The lowest BCUT2D eigenvalue weighted by Gasteiger charge is -2.04. The van der Waals surface area contributed by atoms with E-state index < -0.39 is 9.85 Å². The zero-order chi connectivity index (χ0) is 16.8. The SMILES string of the molecule is COc1ccc([N+](=O)[O-])cc1/C=N\Nc1ncccc1[N+](=O)[O-]. The van der Waals surface area contributed by atoms with Crippen molar-refractivity contribution in [3.63, 3.8) is 0 Å². The third-order valence-corrected chi connectivity index (χ3v) is 2.78. The van der Waals surface area contributed by atoms with E-state index in [2.05, 4.69) is 15.5 Å². The fourth-order valence-electron chi connectivity index (χ4n) is 1.73. The fraction of sp³-hybridized carbons (Fsp3) is 0.0769. The zero-order valence-electron chi connectivity index (χ0n) is 11.9. The number of methoxy groups -OCH3 is 1. The average molecular weight is 317 g/mol. The molecule has 10 nitrogen and oxygen atoms in total. The number of aromatic nitrogens is 1. The summed E-state index contributed by atoms with van der Waals surface area (Å²) in [6.07, 6.45) is 2.63. The Morgan fingerprint density at radius 3 is 2.70 bits per heavy atom. The van der Waals surface area contributed by atoms with E-state index in [0.717, 1.165) is 0 Å². The summed E-state index contributed by atoms with van der Waals surface area (Å²) >= 11 is 0. The number of non-ortho nitro benzene ring substituents is 1. The van der Waals surface area contributed by atoms with E-state index in [4.69, 9.17) is 4.74 Å². The van der Waals surface area contributed by atoms with Gasteiger partial charge in [0.1, 0.15) is 5.75 Å². The molecule has 0 fully saturated rings. The molecule has 2 aromatic rings. The standard InChI is InChI=1S/C13H11N5O5/c1-23-12-5-4-10(17(19)20)7-9(12)8-15-16-13-11(18(21)22)3-2-6-14-13/h2-8H,1H3,(H,14,16)/b15-8-. The zero-order valence-corrected chi connectivity index (χ0v) is 11.9. The Morgan fingerprint density at radius 1 is 1.26 bits per heavy atom. The van der Waals surface area contributed by atoms with Crippen molar-refractivity contribution in [3.8, 4) is 5.75 Å². The second-order valence-electron chi connectivity index (χ2n) is 4.18. The van der Waals surface area contributed by atoms with Crippen molar-refractivity contribution in [2.75, 3.05) is 12.5 Å². The molecule has 0 amide bonds. The molecular formula is C13H11N5O5. The van der Waals surface area contributed by atoms with Crippen molar-refractivity contribution in [3.05, 3.63) is 62.3 Å². The third kappa shape index (κ3) is 3.75. The lowest BCUT2D eigenvalue weighted by molar-refractivity contribution is -0.384. The van der Waals surface area contributed by atoms with Crippen LogP contribution < -0.4 is 10.2 Å². The Kier molecular flexibility index (Phi) is 4.77. The number of nitrogens with zero attached hydrogens (tertiary/aromatic N) is 4. The van der Waals surface area contributed by atoms with E-state index in [1.165, 1.54) is 49.9 Å². The quantitative estimate of drug-likeness (QED) is 0.491. The number of benzene rings is 1. The molecule has 0 radical (unpaired) electrons. The van der Waals surface area contributed by atoms with Crippen molar-refractivity contribution in [1.82, 2.24) is 4.98 Å². The van der Waals surface area contributed by atoms with Crippen molar-refractivity contribution in [2.24, 2.45) is 5.10 Å². The first-order valence-electron chi connectivity index (χ1n) is 6.24. The van der Waals surface area contributed by atoms with Gasteiger partial charge < -0.3 is 4.74 Å². The Balaban J connectivity index is 2.25. The predicted molar refractivity (Wildman–Crippen MR) is 81.8 cm³/mol. The van der Waals surface area contributed by atoms with E-state index in [1.807, 2.05) is 0 Å². The van der Waals surface area contributed by atoms with Crippen LogP contribution in [0.5, 0.6) is 5.75 Å². The topological polar surface area (TPSA) is 133 Å². The minimum absolute atomic E-state index is 0.0434. The van der Waals surface area contributed by atoms with Crippen LogP contribution in [0.4, 0.5) is 17.2 Å². The highest BCUT2D eigenvalue weighted by Crippen LogP contribution is 2.23. The van der Waals surface area contributed by atoms with Crippen molar-refractivity contribution < 1.29 is 14.6 Å². The van der Waals surface area contributed by atoms with Gasteiger partial charge in [0, 0.05) is 30.0 Å². The number of nitrogens with one attached hydrogen (secondary N) is 1. The Labute approximate surface area is 129 Å². The monoisotopic (exact) mass is 317 g/mol. The second kappa shape index (κ2) is 6.93. The van der Waals surface area contributed by atoms with E-state index in [9.17, 15) is 20.2 Å². The molecular weight excluding hydrogens is 306 g/mol. The maximum absolute atomic E-state index is 10.9. The van der Waals surface area contributed by atoms with Gasteiger partial charge in [0.25, 0.3) is 5.69 Å². The summed E-state index contributed by atoms with van der Waals surface area (Å²) in [4.78, 5) is 24.3. The first kappa shape index (κ1) is 15.8.